The minimum Gasteiger partial charge on any atom is -0.253 e. The SMILES string of the molecule is C=S(C)(C)(C)C(C)(CC)CCC. The first-order valence-electron chi connectivity index (χ1n) is 4.84. The van der Waals surface area contributed by atoms with Gasteiger partial charge in [0.05, 0.1) is 0 Å². The van der Waals surface area contributed by atoms with Gasteiger partial charge in [0.2, 0.25) is 0 Å². The molecule has 0 N–H and O–H groups in total. The third kappa shape index (κ3) is 2.35. The fourth-order valence-corrected chi connectivity index (χ4v) is 3.65. The Morgan fingerprint density at radius 2 is 1.58 bits per heavy atom. The first-order valence-corrected chi connectivity index (χ1v) is 8.27. The van der Waals surface area contributed by atoms with Crippen molar-refractivity contribution < 1.29 is 0 Å². The lowest BCUT2D eigenvalue weighted by Gasteiger charge is -2.53. The molecule has 0 aliphatic heterocycles. The van der Waals surface area contributed by atoms with Crippen molar-refractivity contribution in [2.75, 3.05) is 18.8 Å². The highest BCUT2D eigenvalue weighted by molar-refractivity contribution is 8.46. The van der Waals surface area contributed by atoms with Gasteiger partial charge < -0.3 is 0 Å². The lowest BCUT2D eigenvalue weighted by Crippen LogP contribution is -2.34. The van der Waals surface area contributed by atoms with Gasteiger partial charge in [-0.25, -0.2) is 0 Å². The van der Waals surface area contributed by atoms with E-state index in [0.717, 1.165) is 0 Å². The topological polar surface area (TPSA) is 0 Å². The number of rotatable bonds is 4. The monoisotopic (exact) mass is 190 g/mol. The van der Waals surface area contributed by atoms with Crippen molar-refractivity contribution in [3.8, 4) is 0 Å². The van der Waals surface area contributed by atoms with Crippen LogP contribution < -0.4 is 0 Å². The van der Waals surface area contributed by atoms with E-state index in [2.05, 4.69) is 45.4 Å². The Kier molecular flexibility index (Phi) is 3.23. The molecule has 0 bridgehead atoms. The molecule has 0 radical (unpaired) electrons. The van der Waals surface area contributed by atoms with Gasteiger partial charge >= 0.3 is 0 Å². The minimum atomic E-state index is -1.40. The van der Waals surface area contributed by atoms with Crippen LogP contribution in [0, 0.1) is 0 Å². The van der Waals surface area contributed by atoms with Crippen molar-refractivity contribution in [1.82, 2.24) is 0 Å². The zero-order chi connectivity index (χ0) is 10.1. The molecule has 0 nitrogen and oxygen atoms in total. The first kappa shape index (κ1) is 12.2. The highest BCUT2D eigenvalue weighted by atomic mass is 32.3. The van der Waals surface area contributed by atoms with Crippen LogP contribution in [0.4, 0.5) is 0 Å². The van der Waals surface area contributed by atoms with E-state index in [0.29, 0.717) is 4.75 Å². The number of hydrogen-bond acceptors (Lipinski definition) is 0. The Hall–Kier alpha value is 0.220. The van der Waals surface area contributed by atoms with Gasteiger partial charge in [0.1, 0.15) is 0 Å². The second kappa shape index (κ2) is 3.17. The quantitative estimate of drug-likeness (QED) is 0.594. The third-order valence-electron chi connectivity index (χ3n) is 3.35. The van der Waals surface area contributed by atoms with E-state index >= 15 is 0 Å². The van der Waals surface area contributed by atoms with Crippen LogP contribution in [0.3, 0.4) is 0 Å². The summed E-state index contributed by atoms with van der Waals surface area (Å²) in [5.41, 5.74) is 0. The average molecular weight is 190 g/mol. The van der Waals surface area contributed by atoms with Crippen molar-refractivity contribution in [3.63, 3.8) is 0 Å². The summed E-state index contributed by atoms with van der Waals surface area (Å²) in [6.07, 6.45) is 11.0. The van der Waals surface area contributed by atoms with Crippen LogP contribution in [0.2, 0.25) is 0 Å². The molecule has 1 atom stereocenters. The second-order valence-electron chi connectivity index (χ2n) is 5.40. The van der Waals surface area contributed by atoms with E-state index in [1.807, 2.05) is 0 Å². The fraction of sp³-hybridized carbons (Fsp3) is 0.909. The maximum absolute atomic E-state index is 4.47. The molecule has 0 fully saturated rings. The van der Waals surface area contributed by atoms with Gasteiger partial charge in [-0.2, -0.15) is 0 Å². The normalized spacial score (nSPS) is 21.0. The Bertz CT molecular complexity index is 198. The molecule has 0 saturated carbocycles. The molecular formula is C11H26S. The zero-order valence-corrected chi connectivity index (χ0v) is 10.6. The van der Waals surface area contributed by atoms with E-state index in [4.69, 9.17) is 0 Å². The van der Waals surface area contributed by atoms with Crippen molar-refractivity contribution in [1.29, 1.82) is 0 Å². The van der Waals surface area contributed by atoms with Gasteiger partial charge in [0.25, 0.3) is 0 Å². The molecule has 0 aliphatic rings. The molecule has 0 aliphatic carbocycles. The van der Waals surface area contributed by atoms with Crippen LogP contribution >= 0.6 is 8.75 Å². The summed E-state index contributed by atoms with van der Waals surface area (Å²) < 4.78 is 0.464. The van der Waals surface area contributed by atoms with E-state index in [1.54, 1.807) is 0 Å². The summed E-state index contributed by atoms with van der Waals surface area (Å²) >= 11 is 0. The molecule has 0 aromatic rings. The molecule has 0 saturated heterocycles. The summed E-state index contributed by atoms with van der Waals surface area (Å²) in [4.78, 5) is 0. The predicted molar refractivity (Wildman–Crippen MR) is 66.1 cm³/mol. The Morgan fingerprint density at radius 3 is 1.67 bits per heavy atom. The fourth-order valence-electron chi connectivity index (χ4n) is 1.62. The van der Waals surface area contributed by atoms with Crippen molar-refractivity contribution in [3.05, 3.63) is 0 Å². The second-order valence-corrected chi connectivity index (χ2v) is 12.1. The molecule has 1 heteroatoms. The van der Waals surface area contributed by atoms with E-state index in [1.165, 1.54) is 19.3 Å². The molecule has 0 rings (SSSR count). The molecule has 0 spiro atoms. The Morgan fingerprint density at radius 1 is 1.17 bits per heavy atom. The van der Waals surface area contributed by atoms with Crippen LogP contribution in [0.1, 0.15) is 40.0 Å². The molecule has 0 heterocycles. The van der Waals surface area contributed by atoms with Gasteiger partial charge in [-0.15, -0.1) is 0 Å². The summed E-state index contributed by atoms with van der Waals surface area (Å²) in [5.74, 6) is 4.47. The Balaban J connectivity index is 4.90. The lowest BCUT2D eigenvalue weighted by atomic mass is 10.0. The van der Waals surface area contributed by atoms with Gasteiger partial charge in [-0.1, -0.05) is 33.1 Å². The maximum Gasteiger partial charge on any atom is -0.00677 e. The van der Waals surface area contributed by atoms with Gasteiger partial charge in [0, 0.05) is 0 Å². The van der Waals surface area contributed by atoms with Crippen molar-refractivity contribution >= 4 is 14.6 Å². The highest BCUT2D eigenvalue weighted by Crippen LogP contribution is 2.61. The van der Waals surface area contributed by atoms with E-state index in [-0.39, 0.29) is 0 Å². The average Bonchev–Trinajstić information content (AvgIpc) is 1.84. The van der Waals surface area contributed by atoms with Gasteiger partial charge in [0.15, 0.2) is 0 Å². The summed E-state index contributed by atoms with van der Waals surface area (Å²) in [7, 11) is -1.40. The summed E-state index contributed by atoms with van der Waals surface area (Å²) in [6.45, 7) is 6.98. The van der Waals surface area contributed by atoms with E-state index < -0.39 is 8.75 Å². The molecule has 1 unspecified atom stereocenters. The number of hydrogen-bond donors (Lipinski definition) is 0. The van der Waals surface area contributed by atoms with Crippen LogP contribution in [0.25, 0.3) is 0 Å². The smallest absolute Gasteiger partial charge is 0.00677 e. The third-order valence-corrected chi connectivity index (χ3v) is 7.50. The Labute approximate surface area is 78.6 Å². The standard InChI is InChI=1S/C11H26S/c1-8-10-11(3,9-2)12(4,5,6)7/h4,8-10H2,1-3,5-7H3. The lowest BCUT2D eigenvalue weighted by molar-refractivity contribution is 0.551. The van der Waals surface area contributed by atoms with E-state index in [9.17, 15) is 0 Å². The van der Waals surface area contributed by atoms with Crippen LogP contribution in [-0.2, 0) is 0 Å². The minimum absolute atomic E-state index is 0.464. The summed E-state index contributed by atoms with van der Waals surface area (Å²) in [6, 6.07) is 0. The highest BCUT2D eigenvalue weighted by Gasteiger charge is 2.35. The van der Waals surface area contributed by atoms with Crippen LogP contribution in [0.5, 0.6) is 0 Å². The van der Waals surface area contributed by atoms with Crippen LogP contribution in [0.15, 0.2) is 0 Å². The van der Waals surface area contributed by atoms with Gasteiger partial charge in [-0.05, 0) is 36.4 Å². The summed E-state index contributed by atoms with van der Waals surface area (Å²) in [5, 5.41) is 0. The molecule has 12 heavy (non-hydrogen) atoms. The maximum atomic E-state index is 4.47. The molecule has 76 valence electrons. The molecule has 0 amide bonds. The van der Waals surface area contributed by atoms with Crippen molar-refractivity contribution in [2.24, 2.45) is 0 Å². The van der Waals surface area contributed by atoms with Crippen LogP contribution in [-0.4, -0.2) is 29.4 Å². The molecule has 0 aromatic carbocycles. The predicted octanol–water partition coefficient (Wildman–Crippen LogP) is 3.62. The molecular weight excluding hydrogens is 164 g/mol. The molecule has 0 aromatic heterocycles. The first-order chi connectivity index (χ1) is 5.13. The van der Waals surface area contributed by atoms with Gasteiger partial charge in [-0.3, -0.25) is 8.75 Å². The zero-order valence-electron chi connectivity index (χ0n) is 9.74. The van der Waals surface area contributed by atoms with Crippen molar-refractivity contribution in [2.45, 2.75) is 44.8 Å². The largest absolute Gasteiger partial charge is 0.253 e.